The van der Waals surface area contributed by atoms with Crippen molar-refractivity contribution >= 4 is 5.71 Å². The van der Waals surface area contributed by atoms with Crippen molar-refractivity contribution in [1.82, 2.24) is 15.0 Å². The Labute approximate surface area is 97.7 Å². The van der Waals surface area contributed by atoms with Crippen LogP contribution < -0.4 is 5.84 Å². The van der Waals surface area contributed by atoms with Crippen LogP contribution in [-0.2, 0) is 0 Å². The van der Waals surface area contributed by atoms with Crippen LogP contribution in [0.5, 0.6) is 0 Å². The molecule has 0 amide bonds. The molecule has 0 unspecified atom stereocenters. The highest BCUT2D eigenvalue weighted by Gasteiger charge is 2.12. The van der Waals surface area contributed by atoms with Crippen LogP contribution in [0.3, 0.4) is 0 Å². The molecule has 0 radical (unpaired) electrons. The van der Waals surface area contributed by atoms with Gasteiger partial charge in [-0.25, -0.2) is 9.07 Å². The summed E-state index contributed by atoms with van der Waals surface area (Å²) in [6.07, 6.45) is 0. The third-order valence-electron chi connectivity index (χ3n) is 2.50. The molecule has 2 aromatic rings. The van der Waals surface area contributed by atoms with Gasteiger partial charge < -0.3 is 5.84 Å². The highest BCUT2D eigenvalue weighted by atomic mass is 19.1. The number of benzene rings is 1. The molecule has 0 atom stereocenters. The molecule has 0 bridgehead atoms. The molecule has 0 aliphatic rings. The van der Waals surface area contributed by atoms with Crippen LogP contribution in [0.2, 0.25) is 0 Å². The van der Waals surface area contributed by atoms with Gasteiger partial charge in [-0.3, -0.25) is 0 Å². The zero-order valence-corrected chi connectivity index (χ0v) is 9.55. The van der Waals surface area contributed by atoms with Crippen LogP contribution in [0.4, 0.5) is 4.39 Å². The summed E-state index contributed by atoms with van der Waals surface area (Å²) in [7, 11) is 0. The topological polar surface area (TPSA) is 69.1 Å². The Hall–Kier alpha value is -2.24. The normalized spacial score (nSPS) is 11.8. The fraction of sp³-hybridized carbons (Fsp3) is 0.182. The molecular formula is C11H12FN5. The largest absolute Gasteiger partial charge is 0.323 e. The minimum atomic E-state index is -0.286. The molecule has 0 saturated heterocycles. The summed E-state index contributed by atoms with van der Waals surface area (Å²) in [5.41, 5.74) is 2.79. The average Bonchev–Trinajstić information content (AvgIpc) is 2.71. The summed E-state index contributed by atoms with van der Waals surface area (Å²) in [4.78, 5) is 0. The monoisotopic (exact) mass is 233 g/mol. The van der Waals surface area contributed by atoms with Crippen molar-refractivity contribution in [3.05, 3.63) is 41.5 Å². The first-order chi connectivity index (χ1) is 8.13. The molecule has 0 saturated carbocycles. The number of nitrogens with two attached hydrogens (primary N) is 1. The summed E-state index contributed by atoms with van der Waals surface area (Å²) in [5.74, 6) is 4.92. The van der Waals surface area contributed by atoms with Crippen molar-refractivity contribution < 1.29 is 4.39 Å². The quantitative estimate of drug-likeness (QED) is 0.484. The van der Waals surface area contributed by atoms with E-state index >= 15 is 0 Å². The average molecular weight is 233 g/mol. The lowest BCUT2D eigenvalue weighted by Crippen LogP contribution is -2.03. The molecule has 88 valence electrons. The van der Waals surface area contributed by atoms with Gasteiger partial charge in [0.25, 0.3) is 0 Å². The molecule has 1 heterocycles. The summed E-state index contributed by atoms with van der Waals surface area (Å²) in [6.45, 7) is 3.61. The van der Waals surface area contributed by atoms with Crippen LogP contribution in [0.25, 0.3) is 5.69 Å². The van der Waals surface area contributed by atoms with Crippen molar-refractivity contribution in [3.63, 3.8) is 0 Å². The summed E-state index contributed by atoms with van der Waals surface area (Å²) >= 11 is 0. The summed E-state index contributed by atoms with van der Waals surface area (Å²) in [5, 5.41) is 11.6. The maximum absolute atomic E-state index is 12.8. The van der Waals surface area contributed by atoms with E-state index in [0.717, 1.165) is 11.4 Å². The van der Waals surface area contributed by atoms with E-state index in [1.807, 2.05) is 6.92 Å². The first-order valence-electron chi connectivity index (χ1n) is 5.06. The maximum Gasteiger partial charge on any atom is 0.132 e. The third-order valence-corrected chi connectivity index (χ3v) is 2.50. The molecule has 0 spiro atoms. The van der Waals surface area contributed by atoms with Gasteiger partial charge in [0.05, 0.1) is 17.1 Å². The van der Waals surface area contributed by atoms with Crippen molar-refractivity contribution in [2.24, 2.45) is 10.9 Å². The van der Waals surface area contributed by atoms with Crippen molar-refractivity contribution in [2.45, 2.75) is 13.8 Å². The second kappa shape index (κ2) is 4.32. The van der Waals surface area contributed by atoms with Crippen LogP contribution in [-0.4, -0.2) is 20.7 Å². The maximum atomic E-state index is 12.8. The molecule has 0 fully saturated rings. The van der Waals surface area contributed by atoms with Crippen LogP contribution in [0, 0.1) is 12.7 Å². The molecule has 1 aromatic heterocycles. The van der Waals surface area contributed by atoms with Gasteiger partial charge in [-0.1, -0.05) is 5.21 Å². The predicted molar refractivity (Wildman–Crippen MR) is 62.5 cm³/mol. The Balaban J connectivity index is 2.47. The number of nitrogens with zero attached hydrogens (tertiary/aromatic N) is 4. The highest BCUT2D eigenvalue weighted by molar-refractivity contribution is 5.97. The first-order valence-corrected chi connectivity index (χ1v) is 5.06. The standard InChI is InChI=1S/C11H12FN5/c1-7(14-13)11-8(2)17(16-15-11)10-5-3-9(12)4-6-10/h3-6H,13H2,1-2H3/b14-7-. The van der Waals surface area contributed by atoms with E-state index in [1.165, 1.54) is 12.1 Å². The van der Waals surface area contributed by atoms with E-state index < -0.39 is 0 Å². The van der Waals surface area contributed by atoms with Gasteiger partial charge in [0, 0.05) is 0 Å². The molecule has 0 aliphatic heterocycles. The Bertz CT molecular complexity index is 556. The predicted octanol–water partition coefficient (Wildman–Crippen LogP) is 1.40. The minimum Gasteiger partial charge on any atom is -0.323 e. The molecule has 2 N–H and O–H groups in total. The van der Waals surface area contributed by atoms with E-state index in [4.69, 9.17) is 5.84 Å². The fourth-order valence-electron chi connectivity index (χ4n) is 1.55. The van der Waals surface area contributed by atoms with E-state index in [0.29, 0.717) is 11.4 Å². The van der Waals surface area contributed by atoms with Crippen LogP contribution in [0.1, 0.15) is 18.3 Å². The van der Waals surface area contributed by atoms with E-state index in [1.54, 1.807) is 23.7 Å². The summed E-state index contributed by atoms with van der Waals surface area (Å²) < 4.78 is 14.4. The SMILES string of the molecule is C/C(=N/N)c1nnn(-c2ccc(F)cc2)c1C. The Morgan fingerprint density at radius 3 is 2.59 bits per heavy atom. The Morgan fingerprint density at radius 2 is 2.00 bits per heavy atom. The Kier molecular flexibility index (Phi) is 2.86. The smallest absolute Gasteiger partial charge is 0.132 e. The second-order valence-electron chi connectivity index (χ2n) is 3.63. The van der Waals surface area contributed by atoms with Gasteiger partial charge >= 0.3 is 0 Å². The molecule has 2 rings (SSSR count). The first kappa shape index (κ1) is 11.3. The van der Waals surface area contributed by atoms with Crippen molar-refractivity contribution in [2.75, 3.05) is 0 Å². The fourth-order valence-corrected chi connectivity index (χ4v) is 1.55. The van der Waals surface area contributed by atoms with Crippen LogP contribution >= 0.6 is 0 Å². The van der Waals surface area contributed by atoms with E-state index in [-0.39, 0.29) is 5.82 Å². The van der Waals surface area contributed by atoms with Gasteiger partial charge in [-0.2, -0.15) is 5.10 Å². The third kappa shape index (κ3) is 2.01. The molecule has 17 heavy (non-hydrogen) atoms. The van der Waals surface area contributed by atoms with E-state index in [9.17, 15) is 4.39 Å². The van der Waals surface area contributed by atoms with Gasteiger partial charge in [0.1, 0.15) is 11.5 Å². The number of halogens is 1. The zero-order valence-electron chi connectivity index (χ0n) is 9.55. The molecule has 6 heteroatoms. The molecular weight excluding hydrogens is 221 g/mol. The van der Waals surface area contributed by atoms with E-state index in [2.05, 4.69) is 15.4 Å². The van der Waals surface area contributed by atoms with Gasteiger partial charge in [-0.15, -0.1) is 5.10 Å². The lowest BCUT2D eigenvalue weighted by Gasteiger charge is -2.03. The van der Waals surface area contributed by atoms with Gasteiger partial charge in [-0.05, 0) is 38.1 Å². The van der Waals surface area contributed by atoms with Crippen molar-refractivity contribution in [1.29, 1.82) is 0 Å². The molecule has 1 aromatic carbocycles. The van der Waals surface area contributed by atoms with Crippen molar-refractivity contribution in [3.8, 4) is 5.69 Å². The summed E-state index contributed by atoms with van der Waals surface area (Å²) in [6, 6.07) is 6.02. The van der Waals surface area contributed by atoms with Gasteiger partial charge in [0.15, 0.2) is 0 Å². The second-order valence-corrected chi connectivity index (χ2v) is 3.63. The van der Waals surface area contributed by atoms with Gasteiger partial charge in [0.2, 0.25) is 0 Å². The molecule has 5 nitrogen and oxygen atoms in total. The number of aromatic nitrogens is 3. The Morgan fingerprint density at radius 1 is 1.35 bits per heavy atom. The highest BCUT2D eigenvalue weighted by Crippen LogP contribution is 2.13. The number of hydrogen-bond acceptors (Lipinski definition) is 4. The number of hydrazone groups is 1. The lowest BCUT2D eigenvalue weighted by molar-refractivity contribution is 0.626. The number of hydrogen-bond donors (Lipinski definition) is 1. The molecule has 0 aliphatic carbocycles. The number of rotatable bonds is 2. The zero-order chi connectivity index (χ0) is 12.4. The van der Waals surface area contributed by atoms with Crippen LogP contribution in [0.15, 0.2) is 29.4 Å². The lowest BCUT2D eigenvalue weighted by atomic mass is 10.2. The minimum absolute atomic E-state index is 0.286.